The van der Waals surface area contributed by atoms with Crippen LogP contribution < -0.4 is 5.32 Å². The number of hydrogen-bond donors (Lipinski definition) is 1. The predicted octanol–water partition coefficient (Wildman–Crippen LogP) is 3.73. The normalized spacial score (nSPS) is 10.2. The maximum absolute atomic E-state index is 13.6. The van der Waals surface area contributed by atoms with Crippen LogP contribution in [0.25, 0.3) is 0 Å². The Bertz CT molecular complexity index is 649. The molecule has 0 saturated carbocycles. The zero-order valence-electron chi connectivity index (χ0n) is 10.1. The summed E-state index contributed by atoms with van der Waals surface area (Å²) >= 11 is 0. The highest BCUT2D eigenvalue weighted by Crippen LogP contribution is 2.21. The molecule has 6 heteroatoms. The van der Waals surface area contributed by atoms with Gasteiger partial charge in [0.05, 0.1) is 11.6 Å². The fourth-order valence-electron chi connectivity index (χ4n) is 1.68. The molecule has 0 aliphatic rings. The molecule has 0 fully saturated rings. The minimum absolute atomic E-state index is 0.166. The van der Waals surface area contributed by atoms with Crippen LogP contribution in [0.3, 0.4) is 0 Å². The third-order valence-electron chi connectivity index (χ3n) is 2.67. The number of para-hydroxylation sites is 1. The van der Waals surface area contributed by atoms with E-state index < -0.39 is 41.1 Å². The summed E-state index contributed by atoms with van der Waals surface area (Å²) in [4.78, 5) is 0. The van der Waals surface area contributed by atoms with Crippen molar-refractivity contribution >= 4 is 5.69 Å². The molecule has 0 bridgehead atoms. The van der Waals surface area contributed by atoms with Gasteiger partial charge in [0.15, 0.2) is 0 Å². The number of nitriles is 1. The van der Waals surface area contributed by atoms with Crippen LogP contribution in [0.1, 0.15) is 11.1 Å². The highest BCUT2D eigenvalue weighted by atomic mass is 19.1. The van der Waals surface area contributed by atoms with Crippen molar-refractivity contribution in [3.8, 4) is 6.07 Å². The van der Waals surface area contributed by atoms with Gasteiger partial charge in [0, 0.05) is 12.1 Å². The van der Waals surface area contributed by atoms with Gasteiger partial charge in [-0.15, -0.1) is 0 Å². The summed E-state index contributed by atoms with van der Waals surface area (Å²) in [5.41, 5.74) is -1.02. The lowest BCUT2D eigenvalue weighted by Crippen LogP contribution is -2.08. The first-order chi connectivity index (χ1) is 9.52. The Hall–Kier alpha value is -2.55. The van der Waals surface area contributed by atoms with Crippen LogP contribution in [0, 0.1) is 34.6 Å². The van der Waals surface area contributed by atoms with Crippen LogP contribution in [-0.2, 0) is 6.54 Å². The highest BCUT2D eigenvalue weighted by molar-refractivity contribution is 5.47. The van der Waals surface area contributed by atoms with E-state index in [0.717, 1.165) is 24.3 Å². The van der Waals surface area contributed by atoms with Crippen LogP contribution >= 0.6 is 0 Å². The molecule has 0 atom stereocenters. The van der Waals surface area contributed by atoms with E-state index in [0.29, 0.717) is 0 Å². The largest absolute Gasteiger partial charge is 0.376 e. The molecule has 0 saturated heterocycles. The SMILES string of the molecule is N#Cc1cc(F)c(CNc2c(F)cccc2F)c(F)c1. The first-order valence-corrected chi connectivity index (χ1v) is 5.59. The van der Waals surface area contributed by atoms with Crippen LogP contribution in [0.5, 0.6) is 0 Å². The molecule has 1 N–H and O–H groups in total. The lowest BCUT2D eigenvalue weighted by molar-refractivity contribution is 0.555. The zero-order valence-corrected chi connectivity index (χ0v) is 10.1. The molecular formula is C14H8F4N2. The Balaban J connectivity index is 2.26. The second kappa shape index (κ2) is 5.61. The molecule has 0 amide bonds. The summed E-state index contributed by atoms with van der Waals surface area (Å²) in [5, 5.41) is 10.9. The zero-order chi connectivity index (χ0) is 14.7. The van der Waals surface area contributed by atoms with Gasteiger partial charge in [0.2, 0.25) is 0 Å². The average molecular weight is 280 g/mol. The van der Waals surface area contributed by atoms with Crippen molar-refractivity contribution in [2.75, 3.05) is 5.32 Å². The molecule has 2 rings (SSSR count). The van der Waals surface area contributed by atoms with Crippen LogP contribution in [-0.4, -0.2) is 0 Å². The smallest absolute Gasteiger partial charge is 0.149 e. The number of anilines is 1. The van der Waals surface area contributed by atoms with Crippen molar-refractivity contribution in [3.05, 3.63) is 64.7 Å². The third kappa shape index (κ3) is 2.72. The van der Waals surface area contributed by atoms with E-state index >= 15 is 0 Å². The molecular weight excluding hydrogens is 272 g/mol. The number of halogens is 4. The van der Waals surface area contributed by atoms with Crippen molar-refractivity contribution in [2.45, 2.75) is 6.54 Å². The summed E-state index contributed by atoms with van der Waals surface area (Å²) in [7, 11) is 0. The highest BCUT2D eigenvalue weighted by Gasteiger charge is 2.13. The standard InChI is InChI=1S/C14H8F4N2/c15-10-2-1-3-11(16)14(10)20-7-9-12(17)4-8(6-19)5-13(9)18/h1-5,20H,7H2. The van der Waals surface area contributed by atoms with Crippen molar-refractivity contribution in [2.24, 2.45) is 0 Å². The van der Waals surface area contributed by atoms with Crippen molar-refractivity contribution < 1.29 is 17.6 Å². The van der Waals surface area contributed by atoms with Gasteiger partial charge in [-0.3, -0.25) is 0 Å². The third-order valence-corrected chi connectivity index (χ3v) is 2.67. The number of benzene rings is 2. The molecule has 0 unspecified atom stereocenters. The molecule has 0 aliphatic carbocycles. The van der Waals surface area contributed by atoms with Gasteiger partial charge >= 0.3 is 0 Å². The number of nitrogens with one attached hydrogen (secondary N) is 1. The van der Waals surface area contributed by atoms with Gasteiger partial charge in [-0.2, -0.15) is 5.26 Å². The van der Waals surface area contributed by atoms with E-state index in [1.807, 2.05) is 0 Å². The van der Waals surface area contributed by atoms with Gasteiger partial charge in [-0.05, 0) is 24.3 Å². The molecule has 2 aromatic rings. The van der Waals surface area contributed by atoms with Gasteiger partial charge in [0.1, 0.15) is 29.0 Å². The number of nitrogens with zero attached hydrogens (tertiary/aromatic N) is 1. The summed E-state index contributed by atoms with van der Waals surface area (Å²) in [6, 6.07) is 6.55. The van der Waals surface area contributed by atoms with Crippen LogP contribution in [0.15, 0.2) is 30.3 Å². The van der Waals surface area contributed by atoms with Gasteiger partial charge < -0.3 is 5.32 Å². The molecule has 0 spiro atoms. The average Bonchev–Trinajstić information content (AvgIpc) is 2.40. The Morgan fingerprint density at radius 1 is 0.950 bits per heavy atom. The maximum Gasteiger partial charge on any atom is 0.149 e. The minimum atomic E-state index is -0.953. The molecule has 102 valence electrons. The van der Waals surface area contributed by atoms with E-state index in [9.17, 15) is 17.6 Å². The molecule has 20 heavy (non-hydrogen) atoms. The van der Waals surface area contributed by atoms with E-state index in [1.54, 1.807) is 6.07 Å². The van der Waals surface area contributed by atoms with Crippen LogP contribution in [0.4, 0.5) is 23.2 Å². The van der Waals surface area contributed by atoms with Crippen LogP contribution in [0.2, 0.25) is 0 Å². The monoisotopic (exact) mass is 280 g/mol. The lowest BCUT2D eigenvalue weighted by Gasteiger charge is -2.10. The summed E-state index contributed by atoms with van der Waals surface area (Å²) in [5.74, 6) is -3.63. The van der Waals surface area contributed by atoms with E-state index in [2.05, 4.69) is 5.32 Å². The van der Waals surface area contributed by atoms with E-state index in [1.165, 1.54) is 6.07 Å². The summed E-state index contributed by atoms with van der Waals surface area (Å²) in [6.07, 6.45) is 0. The summed E-state index contributed by atoms with van der Waals surface area (Å²) in [6.45, 7) is -0.443. The fourth-order valence-corrected chi connectivity index (χ4v) is 1.68. The topological polar surface area (TPSA) is 35.8 Å². The predicted molar refractivity (Wildman–Crippen MR) is 64.8 cm³/mol. The van der Waals surface area contributed by atoms with Crippen molar-refractivity contribution in [1.82, 2.24) is 0 Å². The number of rotatable bonds is 3. The van der Waals surface area contributed by atoms with E-state index in [-0.39, 0.29) is 5.56 Å². The molecule has 0 radical (unpaired) electrons. The second-order valence-corrected chi connectivity index (χ2v) is 3.98. The Morgan fingerprint density at radius 3 is 2.00 bits per heavy atom. The first kappa shape index (κ1) is 13.9. The number of hydrogen-bond acceptors (Lipinski definition) is 2. The van der Waals surface area contributed by atoms with Gasteiger partial charge in [-0.25, -0.2) is 17.6 Å². The molecule has 2 nitrogen and oxygen atoms in total. The molecule has 0 aromatic heterocycles. The van der Waals surface area contributed by atoms with Gasteiger partial charge in [-0.1, -0.05) is 6.07 Å². The van der Waals surface area contributed by atoms with E-state index in [4.69, 9.17) is 5.26 Å². The molecule has 2 aromatic carbocycles. The van der Waals surface area contributed by atoms with Gasteiger partial charge in [0.25, 0.3) is 0 Å². The molecule has 0 aliphatic heterocycles. The maximum atomic E-state index is 13.6. The van der Waals surface area contributed by atoms with Crippen molar-refractivity contribution in [1.29, 1.82) is 5.26 Å². The quantitative estimate of drug-likeness (QED) is 0.870. The lowest BCUT2D eigenvalue weighted by atomic mass is 10.1. The fraction of sp³-hybridized carbons (Fsp3) is 0.0714. The Labute approximate surface area is 112 Å². The Kier molecular flexibility index (Phi) is 3.89. The first-order valence-electron chi connectivity index (χ1n) is 5.59. The Morgan fingerprint density at radius 2 is 1.50 bits per heavy atom. The summed E-state index contributed by atoms with van der Waals surface area (Å²) < 4.78 is 53.8. The minimum Gasteiger partial charge on any atom is -0.376 e. The second-order valence-electron chi connectivity index (χ2n) is 3.98. The molecule has 0 heterocycles. The van der Waals surface area contributed by atoms with Crippen molar-refractivity contribution in [3.63, 3.8) is 0 Å².